The Labute approximate surface area is 74.7 Å². The van der Waals surface area contributed by atoms with Crippen molar-refractivity contribution in [2.24, 2.45) is 11.3 Å². The Kier molecular flexibility index (Phi) is 2.76. The highest BCUT2D eigenvalue weighted by atomic mass is 16.1. The largest absolute Gasteiger partial charge is 0.356 e. The maximum Gasteiger partial charge on any atom is 0.219 e. The van der Waals surface area contributed by atoms with Crippen molar-refractivity contribution in [1.29, 1.82) is 0 Å². The van der Waals surface area contributed by atoms with Gasteiger partial charge in [0.1, 0.15) is 0 Å². The predicted octanol–water partition coefficient (Wildman–Crippen LogP) is 1.95. The van der Waals surface area contributed by atoms with Gasteiger partial charge in [-0.1, -0.05) is 20.8 Å². The van der Waals surface area contributed by atoms with E-state index in [0.29, 0.717) is 11.8 Å². The molecule has 2 heteroatoms. The predicted molar refractivity (Wildman–Crippen MR) is 49.8 cm³/mol. The van der Waals surface area contributed by atoms with Crippen molar-refractivity contribution in [3.8, 4) is 0 Å². The topological polar surface area (TPSA) is 29.1 Å². The zero-order valence-corrected chi connectivity index (χ0v) is 8.31. The second kappa shape index (κ2) is 3.46. The van der Waals surface area contributed by atoms with Gasteiger partial charge in [-0.2, -0.15) is 0 Å². The van der Waals surface area contributed by atoms with Gasteiger partial charge in [-0.3, -0.25) is 4.79 Å². The Morgan fingerprint density at radius 1 is 1.50 bits per heavy atom. The number of hydrogen-bond acceptors (Lipinski definition) is 1. The molecule has 0 aromatic heterocycles. The summed E-state index contributed by atoms with van der Waals surface area (Å²) >= 11 is 0. The summed E-state index contributed by atoms with van der Waals surface area (Å²) in [4.78, 5) is 10.9. The van der Waals surface area contributed by atoms with Crippen LogP contribution in [0.5, 0.6) is 0 Å². The molecule has 0 saturated heterocycles. The van der Waals surface area contributed by atoms with Crippen LogP contribution in [0.3, 0.4) is 0 Å². The molecule has 2 nitrogen and oxygen atoms in total. The van der Waals surface area contributed by atoms with E-state index in [2.05, 4.69) is 19.2 Å². The lowest BCUT2D eigenvalue weighted by molar-refractivity contribution is -0.121. The molecule has 0 aromatic carbocycles. The van der Waals surface area contributed by atoms with Crippen molar-refractivity contribution in [2.75, 3.05) is 6.54 Å². The van der Waals surface area contributed by atoms with Crippen LogP contribution in [-0.2, 0) is 4.79 Å². The molecule has 1 aliphatic carbocycles. The maximum atomic E-state index is 10.9. The molecule has 1 N–H and O–H groups in total. The highest BCUT2D eigenvalue weighted by Crippen LogP contribution is 2.44. The second-order valence-corrected chi connectivity index (χ2v) is 4.60. The van der Waals surface area contributed by atoms with Gasteiger partial charge in [0, 0.05) is 13.0 Å². The quantitative estimate of drug-likeness (QED) is 0.687. The minimum atomic E-state index is 0.180. The molecule has 1 fully saturated rings. The molecule has 0 heterocycles. The van der Waals surface area contributed by atoms with E-state index in [4.69, 9.17) is 0 Å². The Balaban J connectivity index is 2.08. The summed E-state index contributed by atoms with van der Waals surface area (Å²) in [7, 11) is 0. The first-order valence-electron chi connectivity index (χ1n) is 4.80. The van der Waals surface area contributed by atoms with Crippen LogP contribution in [0.1, 0.15) is 40.0 Å². The Morgan fingerprint density at radius 2 is 2.08 bits per heavy atom. The van der Waals surface area contributed by atoms with Crippen LogP contribution in [0.15, 0.2) is 0 Å². The molecule has 0 bridgehead atoms. The van der Waals surface area contributed by atoms with Crippen LogP contribution in [0.4, 0.5) is 0 Å². The average Bonchev–Trinajstić information content (AvgIpc) is 1.96. The highest BCUT2D eigenvalue weighted by molar-refractivity contribution is 5.75. The Hall–Kier alpha value is -0.530. The summed E-state index contributed by atoms with van der Waals surface area (Å²) in [6.07, 6.45) is 3.13. The monoisotopic (exact) mass is 169 g/mol. The summed E-state index contributed by atoms with van der Waals surface area (Å²) in [5.41, 5.74) is 0.529. The van der Waals surface area contributed by atoms with Gasteiger partial charge in [0.2, 0.25) is 5.91 Å². The summed E-state index contributed by atoms with van der Waals surface area (Å²) in [6.45, 7) is 7.34. The van der Waals surface area contributed by atoms with E-state index in [0.717, 1.165) is 12.5 Å². The number of carbonyl (C=O) groups is 1. The number of carbonyl (C=O) groups excluding carboxylic acids is 1. The summed E-state index contributed by atoms with van der Waals surface area (Å²) in [6, 6.07) is 0. The first-order chi connectivity index (χ1) is 5.53. The van der Waals surface area contributed by atoms with Crippen molar-refractivity contribution < 1.29 is 4.79 Å². The zero-order valence-electron chi connectivity index (χ0n) is 8.31. The Morgan fingerprint density at radius 3 is 2.50 bits per heavy atom. The summed E-state index contributed by atoms with van der Waals surface area (Å²) in [5.74, 6) is 0.912. The van der Waals surface area contributed by atoms with Crippen LogP contribution in [0, 0.1) is 11.3 Å². The van der Waals surface area contributed by atoms with Crippen molar-refractivity contribution in [3.63, 3.8) is 0 Å². The van der Waals surface area contributed by atoms with Gasteiger partial charge < -0.3 is 5.32 Å². The minimum absolute atomic E-state index is 0.180. The van der Waals surface area contributed by atoms with E-state index >= 15 is 0 Å². The van der Waals surface area contributed by atoms with Crippen molar-refractivity contribution in [1.82, 2.24) is 5.32 Å². The number of amides is 1. The van der Waals surface area contributed by atoms with Crippen molar-refractivity contribution in [3.05, 3.63) is 0 Å². The molecule has 12 heavy (non-hydrogen) atoms. The normalized spacial score (nSPS) is 21.6. The molecule has 0 unspecified atom stereocenters. The van der Waals surface area contributed by atoms with Crippen molar-refractivity contribution in [2.45, 2.75) is 40.0 Å². The lowest BCUT2D eigenvalue weighted by Gasteiger charge is -2.42. The minimum Gasteiger partial charge on any atom is -0.356 e. The van der Waals surface area contributed by atoms with Crippen LogP contribution in [-0.4, -0.2) is 12.5 Å². The molecule has 1 saturated carbocycles. The van der Waals surface area contributed by atoms with Crippen LogP contribution in [0.25, 0.3) is 0 Å². The van der Waals surface area contributed by atoms with E-state index < -0.39 is 0 Å². The first-order valence-corrected chi connectivity index (χ1v) is 4.80. The fourth-order valence-corrected chi connectivity index (χ4v) is 2.03. The third-order valence-electron chi connectivity index (χ3n) is 2.59. The SMILES string of the molecule is CCC(=O)NCC1CC(C)(C)C1. The third kappa shape index (κ3) is 2.50. The zero-order chi connectivity index (χ0) is 9.19. The standard InChI is InChI=1S/C10H19NO/c1-4-9(12)11-7-8-5-10(2,3)6-8/h8H,4-7H2,1-3H3,(H,11,12). The molecule has 0 atom stereocenters. The highest BCUT2D eigenvalue weighted by Gasteiger charge is 2.35. The van der Waals surface area contributed by atoms with Gasteiger partial charge in [-0.25, -0.2) is 0 Å². The lowest BCUT2D eigenvalue weighted by atomic mass is 9.64. The van der Waals surface area contributed by atoms with E-state index in [9.17, 15) is 4.79 Å². The number of nitrogens with one attached hydrogen (secondary N) is 1. The number of rotatable bonds is 3. The molecule has 1 amide bonds. The molecule has 1 rings (SSSR count). The van der Waals surface area contributed by atoms with Gasteiger partial charge in [0.25, 0.3) is 0 Å². The smallest absolute Gasteiger partial charge is 0.219 e. The van der Waals surface area contributed by atoms with Gasteiger partial charge >= 0.3 is 0 Å². The molecule has 1 aliphatic rings. The van der Waals surface area contributed by atoms with E-state index in [1.165, 1.54) is 12.8 Å². The van der Waals surface area contributed by atoms with E-state index in [1.807, 2.05) is 6.92 Å². The van der Waals surface area contributed by atoms with Gasteiger partial charge in [0.05, 0.1) is 0 Å². The average molecular weight is 169 g/mol. The maximum absolute atomic E-state index is 10.9. The van der Waals surface area contributed by atoms with Gasteiger partial charge in [0.15, 0.2) is 0 Å². The molecule has 0 aliphatic heterocycles. The van der Waals surface area contributed by atoms with Crippen molar-refractivity contribution >= 4 is 5.91 Å². The van der Waals surface area contributed by atoms with E-state index in [1.54, 1.807) is 0 Å². The molecular formula is C10H19NO. The van der Waals surface area contributed by atoms with E-state index in [-0.39, 0.29) is 5.91 Å². The fourth-order valence-electron chi connectivity index (χ4n) is 2.03. The lowest BCUT2D eigenvalue weighted by Crippen LogP contribution is -2.39. The van der Waals surface area contributed by atoms with Crippen LogP contribution in [0.2, 0.25) is 0 Å². The molecule has 0 aromatic rings. The molecule has 0 spiro atoms. The van der Waals surface area contributed by atoms with Crippen LogP contribution < -0.4 is 5.32 Å². The van der Waals surface area contributed by atoms with Crippen LogP contribution >= 0.6 is 0 Å². The third-order valence-corrected chi connectivity index (χ3v) is 2.59. The molecular weight excluding hydrogens is 150 g/mol. The van der Waals surface area contributed by atoms with Gasteiger partial charge in [-0.15, -0.1) is 0 Å². The van der Waals surface area contributed by atoms with Gasteiger partial charge in [-0.05, 0) is 24.2 Å². The molecule has 0 radical (unpaired) electrons. The first kappa shape index (κ1) is 9.56. The second-order valence-electron chi connectivity index (χ2n) is 4.60. The Bertz CT molecular complexity index is 167. The summed E-state index contributed by atoms with van der Waals surface area (Å²) < 4.78 is 0. The molecule has 70 valence electrons. The summed E-state index contributed by atoms with van der Waals surface area (Å²) in [5, 5.41) is 2.93. The fraction of sp³-hybridized carbons (Fsp3) is 0.900. The number of hydrogen-bond donors (Lipinski definition) is 1.